The molecule has 1 amide bonds. The Morgan fingerprint density at radius 3 is 2.29 bits per heavy atom. The number of hydrogen-bond acceptors (Lipinski definition) is 4. The summed E-state index contributed by atoms with van der Waals surface area (Å²) in [6, 6.07) is 5.77. The Bertz CT molecular complexity index is 646. The summed E-state index contributed by atoms with van der Waals surface area (Å²) in [5.74, 6) is -1.95. The number of carbonyl (C=O) groups excluding carboxylic acids is 1. The van der Waals surface area contributed by atoms with E-state index in [4.69, 9.17) is 5.11 Å². The van der Waals surface area contributed by atoms with Crippen molar-refractivity contribution in [2.45, 2.75) is 30.2 Å². The monoisotopic (exact) mass is 311 g/mol. The Morgan fingerprint density at radius 2 is 1.81 bits per heavy atom. The van der Waals surface area contributed by atoms with Gasteiger partial charge in [-0.1, -0.05) is 12.1 Å². The smallest absolute Gasteiger partial charge is 0.307 e. The molecule has 114 valence electrons. The molecule has 0 unspecified atom stereocenters. The predicted molar refractivity (Wildman–Crippen MR) is 75.6 cm³/mol. The summed E-state index contributed by atoms with van der Waals surface area (Å²) >= 11 is 0. The first-order valence-electron chi connectivity index (χ1n) is 6.59. The van der Waals surface area contributed by atoms with Crippen molar-refractivity contribution in [3.05, 3.63) is 29.8 Å². The van der Waals surface area contributed by atoms with Gasteiger partial charge >= 0.3 is 5.97 Å². The maximum absolute atomic E-state index is 12.2. The zero-order valence-electron chi connectivity index (χ0n) is 11.7. The summed E-state index contributed by atoms with van der Waals surface area (Å²) in [4.78, 5) is 24.0. The number of carboxylic acids is 1. The number of nitrogens with zero attached hydrogens (tertiary/aromatic N) is 1. The van der Waals surface area contributed by atoms with E-state index in [0.29, 0.717) is 5.56 Å². The average Bonchev–Trinajstić information content (AvgIpc) is 3.21. The molecule has 2 rings (SSSR count). The topological polar surface area (TPSA) is 91.8 Å². The first-order valence-corrected chi connectivity index (χ1v) is 8.24. The molecule has 0 atom stereocenters. The molecule has 1 aromatic carbocycles. The molecule has 1 aliphatic carbocycles. The van der Waals surface area contributed by atoms with Crippen molar-refractivity contribution in [2.24, 2.45) is 0 Å². The average molecular weight is 311 g/mol. The Hall–Kier alpha value is -1.89. The largest absolute Gasteiger partial charge is 0.481 e. The van der Waals surface area contributed by atoms with E-state index in [-0.39, 0.29) is 17.4 Å². The summed E-state index contributed by atoms with van der Waals surface area (Å²) in [5, 5.41) is 8.67. The van der Waals surface area contributed by atoms with Crippen molar-refractivity contribution in [2.75, 3.05) is 12.8 Å². The second kappa shape index (κ2) is 5.85. The maximum Gasteiger partial charge on any atom is 0.307 e. The molecule has 1 N–H and O–H groups in total. The Labute approximate surface area is 123 Å². The highest BCUT2D eigenvalue weighted by molar-refractivity contribution is 7.92. The normalized spacial score (nSPS) is 14.7. The van der Waals surface area contributed by atoms with Gasteiger partial charge in [0.15, 0.2) is 9.84 Å². The number of benzene rings is 1. The van der Waals surface area contributed by atoms with Gasteiger partial charge in [0.1, 0.15) is 5.75 Å². The van der Waals surface area contributed by atoms with Crippen LogP contribution in [0.15, 0.2) is 29.2 Å². The van der Waals surface area contributed by atoms with Crippen LogP contribution in [0.1, 0.15) is 18.4 Å². The molecular weight excluding hydrogens is 294 g/mol. The number of aliphatic carboxylic acids is 1. The molecule has 1 saturated carbocycles. The fourth-order valence-corrected chi connectivity index (χ4v) is 3.25. The third kappa shape index (κ3) is 4.04. The van der Waals surface area contributed by atoms with Crippen LogP contribution >= 0.6 is 0 Å². The van der Waals surface area contributed by atoms with Crippen molar-refractivity contribution < 1.29 is 23.1 Å². The third-order valence-electron chi connectivity index (χ3n) is 3.44. The number of rotatable bonds is 6. The lowest BCUT2D eigenvalue weighted by Crippen LogP contribution is -2.34. The zero-order chi connectivity index (χ0) is 15.6. The minimum atomic E-state index is -3.69. The van der Waals surface area contributed by atoms with Crippen LogP contribution < -0.4 is 0 Å². The molecule has 0 radical (unpaired) electrons. The minimum Gasteiger partial charge on any atom is -0.481 e. The highest BCUT2D eigenvalue weighted by Gasteiger charge is 2.32. The molecule has 0 spiro atoms. The van der Waals surface area contributed by atoms with Crippen LogP contribution in [0, 0.1) is 0 Å². The lowest BCUT2D eigenvalue weighted by atomic mass is 10.2. The second-order valence-corrected chi connectivity index (χ2v) is 7.20. The van der Waals surface area contributed by atoms with Gasteiger partial charge in [-0.25, -0.2) is 8.42 Å². The Morgan fingerprint density at radius 1 is 1.24 bits per heavy atom. The van der Waals surface area contributed by atoms with Gasteiger partial charge < -0.3 is 10.0 Å². The molecule has 7 heteroatoms. The molecule has 1 aromatic rings. The minimum absolute atomic E-state index is 0.0363. The summed E-state index contributed by atoms with van der Waals surface area (Å²) in [7, 11) is -2.08. The first-order chi connectivity index (χ1) is 9.79. The van der Waals surface area contributed by atoms with Crippen molar-refractivity contribution >= 4 is 21.7 Å². The molecule has 6 nitrogen and oxygen atoms in total. The van der Waals surface area contributed by atoms with Gasteiger partial charge in [0, 0.05) is 13.1 Å². The maximum atomic E-state index is 12.2. The van der Waals surface area contributed by atoms with E-state index < -0.39 is 27.5 Å². The molecule has 1 fully saturated rings. The molecule has 0 saturated heterocycles. The number of sulfone groups is 1. The van der Waals surface area contributed by atoms with Crippen LogP contribution in [0.3, 0.4) is 0 Å². The van der Waals surface area contributed by atoms with Gasteiger partial charge in [0.05, 0.1) is 11.3 Å². The van der Waals surface area contributed by atoms with Crippen LogP contribution in [-0.2, 0) is 25.8 Å². The van der Waals surface area contributed by atoms with E-state index in [1.807, 2.05) is 0 Å². The standard InChI is InChI=1S/C14H17NO5S/c1-15(11-4-5-11)13(16)9-21(19,20)12-6-2-10(3-7-12)8-14(17)18/h2-3,6-7,11H,4-5,8-9H2,1H3,(H,17,18). The van der Waals surface area contributed by atoms with Crippen LogP contribution in [0.5, 0.6) is 0 Å². The predicted octanol–water partition coefficient (Wildman–Crippen LogP) is 0.708. The van der Waals surface area contributed by atoms with Crippen molar-refractivity contribution in [3.63, 3.8) is 0 Å². The van der Waals surface area contributed by atoms with E-state index in [1.165, 1.54) is 29.2 Å². The quantitative estimate of drug-likeness (QED) is 0.835. The SMILES string of the molecule is CN(C(=O)CS(=O)(=O)c1ccc(CC(=O)O)cc1)C1CC1. The van der Waals surface area contributed by atoms with Gasteiger partial charge in [-0.3, -0.25) is 9.59 Å². The van der Waals surface area contributed by atoms with Gasteiger partial charge in [-0.15, -0.1) is 0 Å². The fourth-order valence-electron chi connectivity index (χ4n) is 2.00. The molecule has 0 aromatic heterocycles. The van der Waals surface area contributed by atoms with Crippen LogP contribution in [0.4, 0.5) is 0 Å². The molecule has 0 bridgehead atoms. The summed E-state index contributed by atoms with van der Waals surface area (Å²) in [6.07, 6.45) is 1.68. The second-order valence-electron chi connectivity index (χ2n) is 5.21. The number of carbonyl (C=O) groups is 2. The highest BCUT2D eigenvalue weighted by atomic mass is 32.2. The summed E-state index contributed by atoms with van der Waals surface area (Å²) < 4.78 is 24.3. The van der Waals surface area contributed by atoms with Crippen molar-refractivity contribution in [1.82, 2.24) is 4.90 Å². The molecular formula is C14H17NO5S. The highest BCUT2D eigenvalue weighted by Crippen LogP contribution is 2.26. The van der Waals surface area contributed by atoms with Crippen LogP contribution in [0.25, 0.3) is 0 Å². The van der Waals surface area contributed by atoms with Gasteiger partial charge in [-0.2, -0.15) is 0 Å². The van der Waals surface area contributed by atoms with Crippen LogP contribution in [0.2, 0.25) is 0 Å². The number of hydrogen-bond donors (Lipinski definition) is 1. The summed E-state index contributed by atoms with van der Waals surface area (Å²) in [6.45, 7) is 0. The number of amides is 1. The summed E-state index contributed by atoms with van der Waals surface area (Å²) in [5.41, 5.74) is 0.517. The third-order valence-corrected chi connectivity index (χ3v) is 5.06. The lowest BCUT2D eigenvalue weighted by Gasteiger charge is -2.16. The van der Waals surface area contributed by atoms with Crippen molar-refractivity contribution in [3.8, 4) is 0 Å². The van der Waals surface area contributed by atoms with E-state index in [1.54, 1.807) is 7.05 Å². The van der Waals surface area contributed by atoms with Gasteiger partial charge in [-0.05, 0) is 30.5 Å². The van der Waals surface area contributed by atoms with Gasteiger partial charge in [0.2, 0.25) is 5.91 Å². The number of carboxylic acid groups (broad SMARTS) is 1. The van der Waals surface area contributed by atoms with Gasteiger partial charge in [0.25, 0.3) is 0 Å². The van der Waals surface area contributed by atoms with Crippen molar-refractivity contribution in [1.29, 1.82) is 0 Å². The Balaban J connectivity index is 2.08. The molecule has 21 heavy (non-hydrogen) atoms. The van der Waals surface area contributed by atoms with Crippen LogP contribution in [-0.4, -0.2) is 49.1 Å². The lowest BCUT2D eigenvalue weighted by molar-refractivity contribution is -0.136. The first kappa shape index (κ1) is 15.5. The van der Waals surface area contributed by atoms with E-state index in [0.717, 1.165) is 12.8 Å². The van der Waals surface area contributed by atoms with E-state index in [2.05, 4.69) is 0 Å². The molecule has 0 aliphatic heterocycles. The van der Waals surface area contributed by atoms with E-state index in [9.17, 15) is 18.0 Å². The molecule has 0 heterocycles. The molecule has 1 aliphatic rings. The zero-order valence-corrected chi connectivity index (χ0v) is 12.5. The Kier molecular flexibility index (Phi) is 4.32. The van der Waals surface area contributed by atoms with E-state index >= 15 is 0 Å². The fraction of sp³-hybridized carbons (Fsp3) is 0.429.